The Balaban J connectivity index is 1.70. The van der Waals surface area contributed by atoms with Crippen molar-refractivity contribution < 1.29 is 14.3 Å². The minimum absolute atomic E-state index is 0.161. The molecule has 0 fully saturated rings. The summed E-state index contributed by atoms with van der Waals surface area (Å²) in [6, 6.07) is 19.5. The molecule has 0 aliphatic heterocycles. The molecule has 0 spiro atoms. The molecule has 0 bridgehead atoms. The lowest BCUT2D eigenvalue weighted by atomic mass is 10.1. The molecule has 1 heterocycles. The Bertz CT molecular complexity index is 972. The minimum Gasteiger partial charge on any atom is -0.497 e. The fraction of sp³-hybridized carbons (Fsp3) is 0.174. The highest BCUT2D eigenvalue weighted by Gasteiger charge is 2.17. The number of pyridine rings is 1. The summed E-state index contributed by atoms with van der Waals surface area (Å²) in [5.74, 6) is 0.224. The number of amides is 2. The first kappa shape index (κ1) is 20.1. The van der Waals surface area contributed by atoms with Gasteiger partial charge in [0.25, 0.3) is 11.8 Å². The molecule has 0 saturated carbocycles. The van der Waals surface area contributed by atoms with Crippen molar-refractivity contribution in [2.45, 2.75) is 6.42 Å². The number of likely N-dealkylation sites (N-methyl/N-ethyl adjacent to an activating group) is 1. The highest BCUT2D eigenvalue weighted by atomic mass is 16.5. The van der Waals surface area contributed by atoms with Gasteiger partial charge in [0.05, 0.1) is 18.4 Å². The van der Waals surface area contributed by atoms with Gasteiger partial charge in [-0.05, 0) is 48.5 Å². The van der Waals surface area contributed by atoms with E-state index in [0.717, 1.165) is 5.69 Å². The van der Waals surface area contributed by atoms with Crippen LogP contribution in [0, 0.1) is 0 Å². The maximum atomic E-state index is 12.9. The molecule has 2 amide bonds. The van der Waals surface area contributed by atoms with Gasteiger partial charge in [-0.2, -0.15) is 0 Å². The number of aromatic nitrogens is 1. The molecule has 1 aromatic heterocycles. The van der Waals surface area contributed by atoms with Crippen LogP contribution in [-0.2, 0) is 6.42 Å². The van der Waals surface area contributed by atoms with Gasteiger partial charge in [0, 0.05) is 37.5 Å². The Labute approximate surface area is 170 Å². The molecule has 29 heavy (non-hydrogen) atoms. The second kappa shape index (κ2) is 9.50. The first-order valence-corrected chi connectivity index (χ1v) is 9.28. The van der Waals surface area contributed by atoms with Crippen molar-refractivity contribution in [2.75, 3.05) is 26.0 Å². The summed E-state index contributed by atoms with van der Waals surface area (Å²) in [7, 11) is 3.31. The third kappa shape index (κ3) is 5.19. The van der Waals surface area contributed by atoms with E-state index in [1.54, 1.807) is 73.8 Å². The molecule has 3 rings (SSSR count). The Morgan fingerprint density at radius 2 is 1.72 bits per heavy atom. The van der Waals surface area contributed by atoms with E-state index in [1.807, 2.05) is 18.2 Å². The third-order valence-corrected chi connectivity index (χ3v) is 4.53. The van der Waals surface area contributed by atoms with E-state index in [4.69, 9.17) is 4.74 Å². The summed E-state index contributed by atoms with van der Waals surface area (Å²) in [5.41, 5.74) is 2.32. The van der Waals surface area contributed by atoms with Gasteiger partial charge >= 0.3 is 0 Å². The molecular weight excluding hydrogens is 366 g/mol. The Kier molecular flexibility index (Phi) is 6.58. The molecule has 6 heteroatoms. The fourth-order valence-electron chi connectivity index (χ4n) is 2.85. The van der Waals surface area contributed by atoms with Crippen molar-refractivity contribution in [2.24, 2.45) is 0 Å². The lowest BCUT2D eigenvalue weighted by molar-refractivity contribution is 0.0797. The number of anilines is 1. The average molecular weight is 389 g/mol. The van der Waals surface area contributed by atoms with Crippen LogP contribution in [0.15, 0.2) is 72.9 Å². The second-order valence-electron chi connectivity index (χ2n) is 6.53. The van der Waals surface area contributed by atoms with Gasteiger partial charge < -0.3 is 15.0 Å². The quantitative estimate of drug-likeness (QED) is 0.669. The number of ether oxygens (including phenoxy) is 1. The number of nitrogens with one attached hydrogen (secondary N) is 1. The monoisotopic (exact) mass is 389 g/mol. The van der Waals surface area contributed by atoms with E-state index in [2.05, 4.69) is 10.3 Å². The van der Waals surface area contributed by atoms with Gasteiger partial charge in [-0.3, -0.25) is 14.6 Å². The Morgan fingerprint density at radius 3 is 2.41 bits per heavy atom. The number of carbonyl (C=O) groups is 2. The summed E-state index contributed by atoms with van der Waals surface area (Å²) in [5, 5.41) is 2.83. The highest BCUT2D eigenvalue weighted by Crippen LogP contribution is 2.19. The molecule has 148 valence electrons. The summed E-state index contributed by atoms with van der Waals surface area (Å²) < 4.78 is 5.11. The zero-order chi connectivity index (χ0) is 20.6. The largest absolute Gasteiger partial charge is 0.497 e. The van der Waals surface area contributed by atoms with Gasteiger partial charge in [-0.25, -0.2) is 0 Å². The number of carbonyl (C=O) groups excluding carboxylic acids is 2. The lowest BCUT2D eigenvalue weighted by Gasteiger charge is -2.19. The Morgan fingerprint density at radius 1 is 1.00 bits per heavy atom. The van der Waals surface area contributed by atoms with E-state index in [-0.39, 0.29) is 11.8 Å². The first-order chi connectivity index (χ1) is 14.1. The van der Waals surface area contributed by atoms with E-state index < -0.39 is 0 Å². The number of methoxy groups -OCH3 is 1. The highest BCUT2D eigenvalue weighted by molar-refractivity contribution is 6.09. The maximum absolute atomic E-state index is 12.9. The molecular formula is C23H23N3O3. The van der Waals surface area contributed by atoms with Crippen LogP contribution in [0.1, 0.15) is 26.4 Å². The maximum Gasteiger partial charge on any atom is 0.255 e. The van der Waals surface area contributed by atoms with Crippen LogP contribution in [-0.4, -0.2) is 42.4 Å². The zero-order valence-electron chi connectivity index (χ0n) is 16.5. The topological polar surface area (TPSA) is 71.5 Å². The molecule has 0 aliphatic carbocycles. The van der Waals surface area contributed by atoms with Crippen molar-refractivity contribution in [3.05, 3.63) is 89.7 Å². The molecule has 0 radical (unpaired) electrons. The van der Waals surface area contributed by atoms with Crippen LogP contribution in [0.5, 0.6) is 5.75 Å². The van der Waals surface area contributed by atoms with Gasteiger partial charge in [-0.15, -0.1) is 0 Å². The van der Waals surface area contributed by atoms with Crippen LogP contribution in [0.3, 0.4) is 0 Å². The van der Waals surface area contributed by atoms with E-state index >= 15 is 0 Å². The normalized spacial score (nSPS) is 10.3. The van der Waals surface area contributed by atoms with Crippen LogP contribution in [0.25, 0.3) is 0 Å². The molecule has 6 nitrogen and oxygen atoms in total. The van der Waals surface area contributed by atoms with Gasteiger partial charge in [0.15, 0.2) is 0 Å². The minimum atomic E-state index is -0.288. The lowest BCUT2D eigenvalue weighted by Crippen LogP contribution is -2.30. The van der Waals surface area contributed by atoms with E-state index in [1.165, 1.54) is 0 Å². The summed E-state index contributed by atoms with van der Waals surface area (Å²) in [6.45, 7) is 0.524. The second-order valence-corrected chi connectivity index (χ2v) is 6.53. The summed E-state index contributed by atoms with van der Waals surface area (Å²) in [6.07, 6.45) is 2.39. The molecule has 0 unspecified atom stereocenters. The van der Waals surface area contributed by atoms with Crippen molar-refractivity contribution in [1.29, 1.82) is 0 Å². The first-order valence-electron chi connectivity index (χ1n) is 9.28. The Hall–Kier alpha value is -3.67. The smallest absolute Gasteiger partial charge is 0.255 e. The number of rotatable bonds is 7. The predicted molar refractivity (Wildman–Crippen MR) is 112 cm³/mol. The van der Waals surface area contributed by atoms with Gasteiger partial charge in [0.1, 0.15) is 5.75 Å². The predicted octanol–water partition coefficient (Wildman–Crippen LogP) is 3.66. The van der Waals surface area contributed by atoms with Crippen molar-refractivity contribution >= 4 is 17.5 Å². The SMILES string of the molecule is COc1ccc(C(=O)Nc2ccccc2C(=O)N(C)CCc2ccccn2)cc1. The summed E-state index contributed by atoms with van der Waals surface area (Å²) >= 11 is 0. The van der Waals surface area contributed by atoms with Crippen molar-refractivity contribution in [1.82, 2.24) is 9.88 Å². The molecule has 0 aliphatic rings. The molecule has 1 N–H and O–H groups in total. The average Bonchev–Trinajstić information content (AvgIpc) is 2.78. The summed E-state index contributed by atoms with van der Waals surface area (Å²) in [4.78, 5) is 31.4. The number of hydrogen-bond acceptors (Lipinski definition) is 4. The van der Waals surface area contributed by atoms with E-state index in [0.29, 0.717) is 35.5 Å². The molecule has 0 saturated heterocycles. The number of hydrogen-bond donors (Lipinski definition) is 1. The molecule has 2 aromatic carbocycles. The van der Waals surface area contributed by atoms with Crippen LogP contribution in [0.4, 0.5) is 5.69 Å². The fourth-order valence-corrected chi connectivity index (χ4v) is 2.85. The number of nitrogens with zero attached hydrogens (tertiary/aromatic N) is 2. The van der Waals surface area contributed by atoms with Crippen LogP contribution in [0.2, 0.25) is 0 Å². The molecule has 3 aromatic rings. The molecule has 0 atom stereocenters. The number of benzene rings is 2. The van der Waals surface area contributed by atoms with Crippen molar-refractivity contribution in [3.63, 3.8) is 0 Å². The van der Waals surface area contributed by atoms with E-state index in [9.17, 15) is 9.59 Å². The van der Waals surface area contributed by atoms with Gasteiger partial charge in [-0.1, -0.05) is 18.2 Å². The van der Waals surface area contributed by atoms with Crippen LogP contribution < -0.4 is 10.1 Å². The third-order valence-electron chi connectivity index (χ3n) is 4.53. The van der Waals surface area contributed by atoms with Crippen molar-refractivity contribution in [3.8, 4) is 5.75 Å². The van der Waals surface area contributed by atoms with Gasteiger partial charge in [0.2, 0.25) is 0 Å². The standard InChI is InChI=1S/C23H23N3O3/c1-26(16-14-18-7-5-6-15-24-18)23(28)20-8-3-4-9-21(20)25-22(27)17-10-12-19(29-2)13-11-17/h3-13,15H,14,16H2,1-2H3,(H,25,27). The van der Waals surface area contributed by atoms with Crippen LogP contribution >= 0.6 is 0 Å². The zero-order valence-corrected chi connectivity index (χ0v) is 16.5. The number of para-hydroxylation sites is 1.